The maximum Gasteiger partial charge on any atom is 0.312 e. The van der Waals surface area contributed by atoms with E-state index in [1.807, 2.05) is 0 Å². The topological polar surface area (TPSA) is 136 Å². The van der Waals surface area contributed by atoms with Crippen LogP contribution in [0.25, 0.3) is 11.3 Å². The molecule has 2 aromatic carbocycles. The van der Waals surface area contributed by atoms with Gasteiger partial charge in [-0.3, -0.25) is 9.89 Å². The molecule has 27 heavy (non-hydrogen) atoms. The van der Waals surface area contributed by atoms with Gasteiger partial charge in [0, 0.05) is 17.7 Å². The van der Waals surface area contributed by atoms with E-state index in [4.69, 9.17) is 16.2 Å². The van der Waals surface area contributed by atoms with E-state index >= 15 is 0 Å². The third-order valence-electron chi connectivity index (χ3n) is 3.68. The van der Waals surface area contributed by atoms with Crippen LogP contribution in [0.15, 0.2) is 48.7 Å². The van der Waals surface area contributed by atoms with E-state index in [1.165, 1.54) is 30.5 Å². The monoisotopic (exact) mass is 369 g/mol. The average Bonchev–Trinajstić information content (AvgIpc) is 3.08. The summed E-state index contributed by atoms with van der Waals surface area (Å²) in [7, 11) is 0. The van der Waals surface area contributed by atoms with Crippen molar-refractivity contribution in [1.29, 1.82) is 0 Å². The second-order valence-corrected chi connectivity index (χ2v) is 5.67. The highest BCUT2D eigenvalue weighted by atomic mass is 19.1. The largest absolute Gasteiger partial charge is 0.453 e. The highest BCUT2D eigenvalue weighted by molar-refractivity contribution is 5.93. The van der Waals surface area contributed by atoms with Gasteiger partial charge in [0.05, 0.1) is 6.20 Å². The van der Waals surface area contributed by atoms with E-state index in [1.54, 1.807) is 18.2 Å². The summed E-state index contributed by atoms with van der Waals surface area (Å²) in [5, 5.41) is 9.17. The molecule has 0 saturated carbocycles. The van der Waals surface area contributed by atoms with Crippen LogP contribution in [0.2, 0.25) is 0 Å². The van der Waals surface area contributed by atoms with Crippen LogP contribution in [0.1, 0.15) is 15.9 Å². The Morgan fingerprint density at radius 3 is 2.56 bits per heavy atom. The first kappa shape index (κ1) is 17.9. The highest BCUT2D eigenvalue weighted by Crippen LogP contribution is 2.32. The standard InChI is InChI=1S/C18H16FN5O3/c19-13-3-1-11(2-4-13)16-15(9-23-24-16)27-14-6-10(8-22-18(21)26)5-12(7-14)17(20)25/h1-7,9H,8H2,(H2,20,25)(H,23,24)(H3,21,22,26). The Hall–Kier alpha value is -3.88. The van der Waals surface area contributed by atoms with Crippen LogP contribution >= 0.6 is 0 Å². The van der Waals surface area contributed by atoms with Crippen molar-refractivity contribution in [1.82, 2.24) is 15.5 Å². The summed E-state index contributed by atoms with van der Waals surface area (Å²) in [6.45, 7) is 0.100. The van der Waals surface area contributed by atoms with Gasteiger partial charge < -0.3 is 21.5 Å². The molecular formula is C18H16FN5O3. The molecule has 0 aliphatic heterocycles. The zero-order valence-corrected chi connectivity index (χ0v) is 14.0. The Kier molecular flexibility index (Phi) is 5.02. The molecule has 0 fully saturated rings. The number of ether oxygens (including phenoxy) is 1. The number of nitrogens with two attached hydrogens (primary N) is 2. The predicted molar refractivity (Wildman–Crippen MR) is 95.4 cm³/mol. The van der Waals surface area contributed by atoms with Crippen molar-refractivity contribution in [2.75, 3.05) is 0 Å². The van der Waals surface area contributed by atoms with Gasteiger partial charge in [0.1, 0.15) is 17.3 Å². The normalized spacial score (nSPS) is 10.4. The Morgan fingerprint density at radius 1 is 1.15 bits per heavy atom. The number of aromatic amines is 1. The SMILES string of the molecule is NC(=O)NCc1cc(Oc2cn[nH]c2-c2ccc(F)cc2)cc(C(N)=O)c1. The lowest BCUT2D eigenvalue weighted by atomic mass is 10.1. The van der Waals surface area contributed by atoms with Gasteiger partial charge in [-0.1, -0.05) is 0 Å². The summed E-state index contributed by atoms with van der Waals surface area (Å²) in [5.74, 6) is -0.317. The van der Waals surface area contributed by atoms with Crippen molar-refractivity contribution >= 4 is 11.9 Å². The number of nitrogens with one attached hydrogen (secondary N) is 2. The van der Waals surface area contributed by atoms with Crippen LogP contribution in [0.4, 0.5) is 9.18 Å². The van der Waals surface area contributed by atoms with Gasteiger partial charge in [-0.05, 0) is 48.0 Å². The number of halogens is 1. The Morgan fingerprint density at radius 2 is 1.89 bits per heavy atom. The van der Waals surface area contributed by atoms with E-state index in [2.05, 4.69) is 15.5 Å². The summed E-state index contributed by atoms with van der Waals surface area (Å²) in [5.41, 5.74) is 12.4. The molecular weight excluding hydrogens is 353 g/mol. The van der Waals surface area contributed by atoms with Gasteiger partial charge in [0.25, 0.3) is 0 Å². The molecule has 3 rings (SSSR count). The fourth-order valence-electron chi connectivity index (χ4n) is 2.46. The van der Waals surface area contributed by atoms with Crippen LogP contribution in [0.3, 0.4) is 0 Å². The van der Waals surface area contributed by atoms with E-state index in [0.29, 0.717) is 28.3 Å². The number of amides is 3. The fourth-order valence-corrected chi connectivity index (χ4v) is 2.46. The van der Waals surface area contributed by atoms with E-state index < -0.39 is 11.9 Å². The lowest BCUT2D eigenvalue weighted by Gasteiger charge is -2.10. The number of carbonyl (C=O) groups excluding carboxylic acids is 2. The van der Waals surface area contributed by atoms with Gasteiger partial charge in [-0.2, -0.15) is 5.10 Å². The molecule has 3 amide bonds. The summed E-state index contributed by atoms with van der Waals surface area (Å²) in [6, 6.07) is 9.73. The highest BCUT2D eigenvalue weighted by Gasteiger charge is 2.13. The van der Waals surface area contributed by atoms with Crippen molar-refractivity contribution in [3.63, 3.8) is 0 Å². The van der Waals surface area contributed by atoms with Crippen LogP contribution in [0.5, 0.6) is 11.5 Å². The molecule has 3 aromatic rings. The molecule has 0 aliphatic rings. The van der Waals surface area contributed by atoms with Crippen LogP contribution < -0.4 is 21.5 Å². The zero-order chi connectivity index (χ0) is 19.4. The van der Waals surface area contributed by atoms with Gasteiger partial charge in [-0.15, -0.1) is 0 Å². The van der Waals surface area contributed by atoms with Crippen molar-refractivity contribution in [3.8, 4) is 22.8 Å². The molecule has 0 atom stereocenters. The summed E-state index contributed by atoms with van der Waals surface area (Å²) in [4.78, 5) is 22.5. The minimum Gasteiger partial charge on any atom is -0.453 e. The fraction of sp³-hybridized carbons (Fsp3) is 0.0556. The number of benzene rings is 2. The van der Waals surface area contributed by atoms with Crippen molar-refractivity contribution in [3.05, 3.63) is 65.6 Å². The van der Waals surface area contributed by atoms with E-state index in [-0.39, 0.29) is 17.9 Å². The van der Waals surface area contributed by atoms with Crippen molar-refractivity contribution < 1.29 is 18.7 Å². The molecule has 8 nitrogen and oxygen atoms in total. The van der Waals surface area contributed by atoms with Gasteiger partial charge in [0.15, 0.2) is 5.75 Å². The van der Waals surface area contributed by atoms with Gasteiger partial charge in [-0.25, -0.2) is 9.18 Å². The molecule has 1 heterocycles. The third kappa shape index (κ3) is 4.40. The second kappa shape index (κ2) is 7.56. The Balaban J connectivity index is 1.91. The molecule has 0 spiro atoms. The maximum atomic E-state index is 13.1. The number of nitrogens with zero attached hydrogens (tertiary/aromatic N) is 1. The van der Waals surface area contributed by atoms with Gasteiger partial charge >= 0.3 is 6.03 Å². The van der Waals surface area contributed by atoms with Crippen LogP contribution in [0, 0.1) is 5.82 Å². The smallest absolute Gasteiger partial charge is 0.312 e. The molecule has 0 aliphatic carbocycles. The van der Waals surface area contributed by atoms with Crippen molar-refractivity contribution in [2.45, 2.75) is 6.54 Å². The summed E-state index contributed by atoms with van der Waals surface area (Å²) < 4.78 is 19.0. The Bertz CT molecular complexity index is 985. The van der Waals surface area contributed by atoms with E-state index in [9.17, 15) is 14.0 Å². The lowest BCUT2D eigenvalue weighted by molar-refractivity contribution is 0.1000. The summed E-state index contributed by atoms with van der Waals surface area (Å²) >= 11 is 0. The first-order chi connectivity index (χ1) is 12.9. The number of aromatic nitrogens is 2. The number of urea groups is 1. The molecule has 0 unspecified atom stereocenters. The molecule has 9 heteroatoms. The predicted octanol–water partition coefficient (Wildman–Crippen LogP) is 2.28. The number of carbonyl (C=O) groups is 2. The quantitative estimate of drug-likeness (QED) is 0.530. The molecule has 0 saturated heterocycles. The van der Waals surface area contributed by atoms with Crippen molar-refractivity contribution in [2.24, 2.45) is 11.5 Å². The molecule has 0 radical (unpaired) electrons. The number of hydrogen-bond donors (Lipinski definition) is 4. The first-order valence-electron chi connectivity index (χ1n) is 7.86. The third-order valence-corrected chi connectivity index (χ3v) is 3.68. The molecule has 6 N–H and O–H groups in total. The maximum absolute atomic E-state index is 13.1. The lowest BCUT2D eigenvalue weighted by Crippen LogP contribution is -2.28. The molecule has 0 bridgehead atoms. The first-order valence-corrected chi connectivity index (χ1v) is 7.86. The minimum absolute atomic E-state index is 0.100. The zero-order valence-electron chi connectivity index (χ0n) is 14.0. The van der Waals surface area contributed by atoms with E-state index in [0.717, 1.165) is 0 Å². The number of rotatable bonds is 6. The Labute approximate surface area is 153 Å². The molecule has 138 valence electrons. The van der Waals surface area contributed by atoms with Gasteiger partial charge in [0.2, 0.25) is 5.91 Å². The molecule has 1 aromatic heterocycles. The van der Waals surface area contributed by atoms with Crippen LogP contribution in [-0.4, -0.2) is 22.1 Å². The second-order valence-electron chi connectivity index (χ2n) is 5.67. The minimum atomic E-state index is -0.699. The number of hydrogen-bond acceptors (Lipinski definition) is 4. The summed E-state index contributed by atoms with van der Waals surface area (Å²) in [6.07, 6.45) is 1.46. The number of H-pyrrole nitrogens is 1. The van der Waals surface area contributed by atoms with Crippen LogP contribution in [-0.2, 0) is 6.54 Å². The number of primary amides is 2. The average molecular weight is 369 g/mol.